The smallest absolute Gasteiger partial charge is 0.319 e. The Hall–Kier alpha value is -2.64. The van der Waals surface area contributed by atoms with Crippen LogP contribution in [-0.4, -0.2) is 41.4 Å². The minimum absolute atomic E-state index is 0.154. The molecule has 0 aliphatic carbocycles. The number of hydrogen-bond donors (Lipinski definition) is 2. The second kappa shape index (κ2) is 7.96. The summed E-state index contributed by atoms with van der Waals surface area (Å²) < 4.78 is 1.75. The highest BCUT2D eigenvalue weighted by Crippen LogP contribution is 2.22. The summed E-state index contributed by atoms with van der Waals surface area (Å²) in [6.07, 6.45) is 3.58. The van der Waals surface area contributed by atoms with Crippen LogP contribution in [0.2, 0.25) is 0 Å². The molecule has 0 radical (unpaired) electrons. The molecular weight excluding hydrogens is 334 g/mol. The maximum absolute atomic E-state index is 12.2. The average molecular weight is 355 g/mol. The lowest BCUT2D eigenvalue weighted by atomic mass is 10.2. The van der Waals surface area contributed by atoms with Gasteiger partial charge in [-0.3, -0.25) is 0 Å². The van der Waals surface area contributed by atoms with E-state index in [0.717, 1.165) is 11.4 Å². The van der Waals surface area contributed by atoms with E-state index in [9.17, 15) is 4.79 Å². The van der Waals surface area contributed by atoms with Crippen LogP contribution in [0, 0.1) is 0 Å². The predicted octanol–water partition coefficient (Wildman–Crippen LogP) is 3.36. The first-order valence-corrected chi connectivity index (χ1v) is 8.86. The summed E-state index contributed by atoms with van der Waals surface area (Å²) in [5.74, 6) is 0. The zero-order valence-electron chi connectivity index (χ0n) is 14.2. The molecule has 2 aromatic heterocycles. The minimum atomic E-state index is -0.221. The van der Waals surface area contributed by atoms with Crippen LogP contribution in [0.1, 0.15) is 10.9 Å². The van der Waals surface area contributed by atoms with Crippen LogP contribution in [0.3, 0.4) is 0 Å². The second-order valence-electron chi connectivity index (χ2n) is 5.83. The molecule has 1 aromatic carbocycles. The molecule has 2 heterocycles. The molecule has 0 spiro atoms. The van der Waals surface area contributed by atoms with Gasteiger partial charge in [0.15, 0.2) is 0 Å². The first-order valence-electron chi connectivity index (χ1n) is 7.98. The number of likely N-dealkylation sites (N-methyl/N-ethyl adjacent to an activating group) is 1. The van der Waals surface area contributed by atoms with Gasteiger partial charge in [0.25, 0.3) is 0 Å². The van der Waals surface area contributed by atoms with Crippen LogP contribution in [0.25, 0.3) is 5.69 Å². The Morgan fingerprint density at radius 2 is 2.16 bits per heavy atom. The molecule has 2 amide bonds. The van der Waals surface area contributed by atoms with Crippen molar-refractivity contribution < 1.29 is 4.79 Å². The maximum Gasteiger partial charge on any atom is 0.319 e. The van der Waals surface area contributed by atoms with Crippen molar-refractivity contribution in [2.45, 2.75) is 6.04 Å². The number of nitrogens with zero attached hydrogens (tertiary/aromatic N) is 3. The van der Waals surface area contributed by atoms with Gasteiger partial charge in [-0.15, -0.1) is 11.3 Å². The average Bonchev–Trinajstić information content (AvgIpc) is 3.29. The van der Waals surface area contributed by atoms with Gasteiger partial charge in [0.05, 0.1) is 11.7 Å². The summed E-state index contributed by atoms with van der Waals surface area (Å²) in [4.78, 5) is 15.6. The Morgan fingerprint density at radius 1 is 1.28 bits per heavy atom. The molecule has 2 N–H and O–H groups in total. The summed E-state index contributed by atoms with van der Waals surface area (Å²) in [5.41, 5.74) is 1.62. The second-order valence-corrected chi connectivity index (χ2v) is 6.81. The molecular formula is C18H21N5OS. The topological polar surface area (TPSA) is 62.2 Å². The summed E-state index contributed by atoms with van der Waals surface area (Å²) >= 11 is 1.69. The number of nitrogens with one attached hydrogen (secondary N) is 2. The number of rotatable bonds is 6. The number of carbonyl (C=O) groups is 1. The van der Waals surface area contributed by atoms with Crippen molar-refractivity contribution in [1.82, 2.24) is 20.0 Å². The quantitative estimate of drug-likeness (QED) is 0.713. The number of thiophene rings is 1. The van der Waals surface area contributed by atoms with Gasteiger partial charge in [-0.1, -0.05) is 12.1 Å². The lowest BCUT2D eigenvalue weighted by Gasteiger charge is -2.23. The molecule has 0 aliphatic heterocycles. The van der Waals surface area contributed by atoms with E-state index in [1.807, 2.05) is 62.1 Å². The lowest BCUT2D eigenvalue weighted by molar-refractivity contribution is 0.244. The number of aromatic nitrogens is 2. The molecule has 7 heteroatoms. The van der Waals surface area contributed by atoms with Gasteiger partial charge in [-0.25, -0.2) is 9.48 Å². The van der Waals surface area contributed by atoms with Crippen molar-refractivity contribution in [2.24, 2.45) is 0 Å². The Labute approximate surface area is 151 Å². The number of benzene rings is 1. The molecule has 3 rings (SSSR count). The monoisotopic (exact) mass is 355 g/mol. The summed E-state index contributed by atoms with van der Waals surface area (Å²) in [6.45, 7) is 0.540. The van der Waals surface area contributed by atoms with Crippen molar-refractivity contribution in [3.8, 4) is 5.69 Å². The van der Waals surface area contributed by atoms with Crippen molar-refractivity contribution in [3.63, 3.8) is 0 Å². The normalized spacial score (nSPS) is 12.1. The Bertz CT molecular complexity index is 799. The van der Waals surface area contributed by atoms with Gasteiger partial charge in [-0.05, 0) is 49.8 Å². The molecule has 0 unspecified atom stereocenters. The van der Waals surface area contributed by atoms with Gasteiger partial charge in [0, 0.05) is 29.5 Å². The molecule has 0 aliphatic rings. The largest absolute Gasteiger partial charge is 0.336 e. The highest BCUT2D eigenvalue weighted by Gasteiger charge is 2.16. The van der Waals surface area contributed by atoms with E-state index >= 15 is 0 Å². The molecule has 0 fully saturated rings. The van der Waals surface area contributed by atoms with E-state index in [4.69, 9.17) is 0 Å². The third-order valence-electron chi connectivity index (χ3n) is 3.82. The maximum atomic E-state index is 12.2. The molecule has 130 valence electrons. The third kappa shape index (κ3) is 4.46. The molecule has 0 saturated heterocycles. The zero-order valence-corrected chi connectivity index (χ0v) is 15.0. The molecule has 0 bridgehead atoms. The van der Waals surface area contributed by atoms with Gasteiger partial charge < -0.3 is 15.5 Å². The van der Waals surface area contributed by atoms with Gasteiger partial charge >= 0.3 is 6.03 Å². The fraction of sp³-hybridized carbons (Fsp3) is 0.222. The van der Waals surface area contributed by atoms with Crippen LogP contribution in [0.4, 0.5) is 10.5 Å². The van der Waals surface area contributed by atoms with E-state index in [1.54, 1.807) is 22.2 Å². The van der Waals surface area contributed by atoms with Crippen LogP contribution in [0.15, 0.2) is 60.2 Å². The number of amides is 2. The third-order valence-corrected chi connectivity index (χ3v) is 4.80. The van der Waals surface area contributed by atoms with E-state index < -0.39 is 0 Å². The number of anilines is 1. The summed E-state index contributed by atoms with van der Waals surface area (Å²) in [5, 5.41) is 12.1. The van der Waals surface area contributed by atoms with Crippen molar-refractivity contribution in [1.29, 1.82) is 0 Å². The van der Waals surface area contributed by atoms with E-state index in [0.29, 0.717) is 6.54 Å². The van der Waals surface area contributed by atoms with Crippen molar-refractivity contribution in [3.05, 3.63) is 65.1 Å². The highest BCUT2D eigenvalue weighted by atomic mass is 32.1. The molecule has 1 atom stereocenters. The van der Waals surface area contributed by atoms with Crippen LogP contribution >= 0.6 is 11.3 Å². The van der Waals surface area contributed by atoms with Crippen molar-refractivity contribution >= 4 is 23.1 Å². The number of hydrogen-bond acceptors (Lipinski definition) is 4. The first-order chi connectivity index (χ1) is 12.1. The van der Waals surface area contributed by atoms with E-state index in [-0.39, 0.29) is 12.1 Å². The Balaban J connectivity index is 1.60. The van der Waals surface area contributed by atoms with Gasteiger partial charge in [0.2, 0.25) is 0 Å². The van der Waals surface area contributed by atoms with E-state index in [2.05, 4.69) is 26.7 Å². The van der Waals surface area contributed by atoms with Crippen LogP contribution in [-0.2, 0) is 0 Å². The first kappa shape index (κ1) is 17.2. The Morgan fingerprint density at radius 3 is 2.84 bits per heavy atom. The molecule has 0 saturated carbocycles. The fourth-order valence-corrected chi connectivity index (χ4v) is 3.45. The molecule has 6 nitrogen and oxygen atoms in total. The van der Waals surface area contributed by atoms with Crippen molar-refractivity contribution in [2.75, 3.05) is 26.0 Å². The number of urea groups is 1. The van der Waals surface area contributed by atoms with E-state index in [1.165, 1.54) is 4.88 Å². The number of carbonyl (C=O) groups excluding carboxylic acids is 1. The van der Waals surface area contributed by atoms with Crippen LogP contribution < -0.4 is 10.6 Å². The molecule has 3 aromatic rings. The highest BCUT2D eigenvalue weighted by molar-refractivity contribution is 7.10. The van der Waals surface area contributed by atoms with Gasteiger partial charge in [-0.2, -0.15) is 5.10 Å². The van der Waals surface area contributed by atoms with Crippen LogP contribution in [0.5, 0.6) is 0 Å². The van der Waals surface area contributed by atoms with Gasteiger partial charge in [0.1, 0.15) is 0 Å². The SMILES string of the molecule is CN(C)[C@@H](CNC(=O)Nc1cccc(-n2cccn2)c1)c1cccs1. The molecule has 25 heavy (non-hydrogen) atoms. The zero-order chi connectivity index (χ0) is 17.6. The minimum Gasteiger partial charge on any atom is -0.336 e. The fourth-order valence-electron chi connectivity index (χ4n) is 2.53. The predicted molar refractivity (Wildman–Crippen MR) is 101 cm³/mol. The summed E-state index contributed by atoms with van der Waals surface area (Å²) in [6, 6.07) is 13.5. The standard InChI is InChI=1S/C18H21N5OS/c1-22(2)16(17-8-4-11-25-17)13-19-18(24)21-14-6-3-7-15(12-14)23-10-5-9-20-23/h3-12,16H,13H2,1-2H3,(H2,19,21,24)/t16-/m0/s1. The Kier molecular flexibility index (Phi) is 5.47. The lowest BCUT2D eigenvalue weighted by Crippen LogP contribution is -2.36. The summed E-state index contributed by atoms with van der Waals surface area (Å²) in [7, 11) is 4.02.